The molecule has 1 aromatic rings. The highest BCUT2D eigenvalue weighted by Gasteiger charge is 2.35. The van der Waals surface area contributed by atoms with Crippen molar-refractivity contribution in [2.24, 2.45) is 0 Å². The van der Waals surface area contributed by atoms with Crippen molar-refractivity contribution in [3.05, 3.63) is 23.8 Å². The van der Waals surface area contributed by atoms with Gasteiger partial charge in [-0.2, -0.15) is 0 Å². The summed E-state index contributed by atoms with van der Waals surface area (Å²) in [5, 5.41) is 9.21. The summed E-state index contributed by atoms with van der Waals surface area (Å²) in [6.45, 7) is 4.00. The van der Waals surface area contributed by atoms with Gasteiger partial charge in [-0.15, -0.1) is 0 Å². The molecule has 4 nitrogen and oxygen atoms in total. The maximum atomic E-state index is 13.9. The van der Waals surface area contributed by atoms with E-state index in [1.807, 2.05) is 13.8 Å². The van der Waals surface area contributed by atoms with Gasteiger partial charge in [0.25, 0.3) is 0 Å². The standard InChI is InChI=1S/C13H18F2N2O2/c1-13(2)7-17(5-9(6-18)19-13)12-10(14)3-8(16)4-11(12)15/h3-4,9,18H,5-7,16H2,1-2H3. The summed E-state index contributed by atoms with van der Waals surface area (Å²) in [5.74, 6) is -1.40. The van der Waals surface area contributed by atoms with Crippen LogP contribution >= 0.6 is 0 Å². The summed E-state index contributed by atoms with van der Waals surface area (Å²) in [6.07, 6.45) is -0.472. The van der Waals surface area contributed by atoms with Crippen LogP contribution in [-0.2, 0) is 4.74 Å². The molecule has 106 valence electrons. The SMILES string of the molecule is CC1(C)CN(c2c(F)cc(N)cc2F)CC(CO)O1. The predicted octanol–water partition coefficient (Wildman–Crippen LogP) is 1.52. The fourth-order valence-electron chi connectivity index (χ4n) is 2.45. The second kappa shape index (κ2) is 4.94. The molecule has 1 aliphatic heterocycles. The Labute approximate surface area is 110 Å². The van der Waals surface area contributed by atoms with E-state index in [1.165, 1.54) is 0 Å². The molecule has 19 heavy (non-hydrogen) atoms. The Kier molecular flexibility index (Phi) is 3.64. The van der Waals surface area contributed by atoms with Crippen LogP contribution < -0.4 is 10.6 Å². The molecule has 1 heterocycles. The number of halogens is 2. The van der Waals surface area contributed by atoms with Crippen LogP contribution in [0.25, 0.3) is 0 Å². The van der Waals surface area contributed by atoms with Crippen LogP contribution in [0.3, 0.4) is 0 Å². The summed E-state index contributed by atoms with van der Waals surface area (Å²) >= 11 is 0. The molecule has 3 N–H and O–H groups in total. The minimum atomic E-state index is -0.702. The lowest BCUT2D eigenvalue weighted by Gasteiger charge is -2.43. The van der Waals surface area contributed by atoms with E-state index in [9.17, 15) is 13.9 Å². The van der Waals surface area contributed by atoms with Crippen LogP contribution in [0.4, 0.5) is 20.2 Å². The van der Waals surface area contributed by atoms with E-state index in [2.05, 4.69) is 0 Å². The Balaban J connectivity index is 2.35. The van der Waals surface area contributed by atoms with Gasteiger partial charge in [0.15, 0.2) is 11.6 Å². The van der Waals surface area contributed by atoms with Crippen molar-refractivity contribution in [3.63, 3.8) is 0 Å². The van der Waals surface area contributed by atoms with Gasteiger partial charge in [0.2, 0.25) is 0 Å². The zero-order valence-electron chi connectivity index (χ0n) is 11.0. The van der Waals surface area contributed by atoms with E-state index < -0.39 is 23.3 Å². The van der Waals surface area contributed by atoms with E-state index in [0.717, 1.165) is 12.1 Å². The van der Waals surface area contributed by atoms with Gasteiger partial charge in [0.1, 0.15) is 5.69 Å². The topological polar surface area (TPSA) is 58.7 Å². The summed E-state index contributed by atoms with van der Waals surface area (Å²) in [4.78, 5) is 1.55. The molecule has 0 spiro atoms. The highest BCUT2D eigenvalue weighted by atomic mass is 19.1. The molecule has 1 unspecified atom stereocenters. The van der Waals surface area contributed by atoms with Crippen LogP contribution in [-0.4, -0.2) is 36.5 Å². The largest absolute Gasteiger partial charge is 0.399 e. The van der Waals surface area contributed by atoms with Crippen molar-refractivity contribution in [3.8, 4) is 0 Å². The van der Waals surface area contributed by atoms with Gasteiger partial charge >= 0.3 is 0 Å². The zero-order valence-corrected chi connectivity index (χ0v) is 11.0. The molecule has 1 fully saturated rings. The molecule has 0 saturated carbocycles. The van der Waals surface area contributed by atoms with Crippen molar-refractivity contribution in [2.45, 2.75) is 25.6 Å². The second-order valence-corrected chi connectivity index (χ2v) is 5.40. The number of nitrogens with zero attached hydrogens (tertiary/aromatic N) is 1. The molecule has 1 saturated heterocycles. The molecule has 0 amide bonds. The Bertz CT molecular complexity index is 457. The van der Waals surface area contributed by atoms with Crippen molar-refractivity contribution in [1.29, 1.82) is 0 Å². The highest BCUT2D eigenvalue weighted by Crippen LogP contribution is 2.31. The first kappa shape index (κ1) is 14.0. The molecular formula is C13H18F2N2O2. The van der Waals surface area contributed by atoms with Crippen LogP contribution in [0.2, 0.25) is 0 Å². The molecule has 0 aromatic heterocycles. The van der Waals surface area contributed by atoms with E-state index in [0.29, 0.717) is 6.54 Å². The summed E-state index contributed by atoms with van der Waals surface area (Å²) in [5.41, 5.74) is 4.74. The average molecular weight is 272 g/mol. The summed E-state index contributed by atoms with van der Waals surface area (Å²) < 4.78 is 33.4. The lowest BCUT2D eigenvalue weighted by Crippen LogP contribution is -2.54. The van der Waals surface area contributed by atoms with Crippen molar-refractivity contribution >= 4 is 11.4 Å². The van der Waals surface area contributed by atoms with Crippen LogP contribution in [0.1, 0.15) is 13.8 Å². The Morgan fingerprint density at radius 1 is 1.42 bits per heavy atom. The van der Waals surface area contributed by atoms with E-state index in [-0.39, 0.29) is 24.5 Å². The Hall–Kier alpha value is -1.40. The molecule has 1 aliphatic rings. The van der Waals surface area contributed by atoms with E-state index in [1.54, 1.807) is 4.90 Å². The number of nitrogen functional groups attached to an aromatic ring is 1. The van der Waals surface area contributed by atoms with Crippen molar-refractivity contribution in [1.82, 2.24) is 0 Å². The summed E-state index contributed by atoms with van der Waals surface area (Å²) in [6, 6.07) is 2.18. The number of benzene rings is 1. The van der Waals surface area contributed by atoms with Gasteiger partial charge in [0.05, 0.1) is 18.3 Å². The average Bonchev–Trinajstić information content (AvgIpc) is 2.25. The number of rotatable bonds is 2. The third-order valence-electron chi connectivity index (χ3n) is 3.04. The number of morpholine rings is 1. The fourth-order valence-corrected chi connectivity index (χ4v) is 2.45. The number of ether oxygens (including phenoxy) is 1. The number of nitrogens with two attached hydrogens (primary N) is 1. The first-order valence-electron chi connectivity index (χ1n) is 6.10. The normalized spacial score (nSPS) is 22.6. The Morgan fingerprint density at radius 2 is 2.00 bits per heavy atom. The predicted molar refractivity (Wildman–Crippen MR) is 69.0 cm³/mol. The number of aliphatic hydroxyl groups is 1. The smallest absolute Gasteiger partial charge is 0.151 e. The molecule has 0 bridgehead atoms. The van der Waals surface area contributed by atoms with E-state index >= 15 is 0 Å². The van der Waals surface area contributed by atoms with Gasteiger partial charge in [-0.1, -0.05) is 0 Å². The van der Waals surface area contributed by atoms with Gasteiger partial charge in [0, 0.05) is 18.8 Å². The molecular weight excluding hydrogens is 254 g/mol. The fraction of sp³-hybridized carbons (Fsp3) is 0.538. The molecule has 0 aliphatic carbocycles. The molecule has 1 aromatic carbocycles. The summed E-state index contributed by atoms with van der Waals surface area (Å²) in [7, 11) is 0. The lowest BCUT2D eigenvalue weighted by molar-refractivity contribution is -0.101. The maximum absolute atomic E-state index is 13.9. The number of aliphatic hydroxyl groups excluding tert-OH is 1. The molecule has 6 heteroatoms. The Morgan fingerprint density at radius 3 is 2.53 bits per heavy atom. The van der Waals surface area contributed by atoms with Crippen LogP contribution in [0, 0.1) is 11.6 Å². The first-order chi connectivity index (χ1) is 8.82. The minimum Gasteiger partial charge on any atom is -0.399 e. The quantitative estimate of drug-likeness (QED) is 0.801. The monoisotopic (exact) mass is 272 g/mol. The van der Waals surface area contributed by atoms with Crippen molar-refractivity contribution < 1.29 is 18.6 Å². The second-order valence-electron chi connectivity index (χ2n) is 5.40. The van der Waals surface area contributed by atoms with Gasteiger partial charge < -0.3 is 20.5 Å². The number of hydrogen-bond acceptors (Lipinski definition) is 4. The van der Waals surface area contributed by atoms with Gasteiger partial charge in [-0.25, -0.2) is 8.78 Å². The molecule has 1 atom stereocenters. The van der Waals surface area contributed by atoms with Gasteiger partial charge in [-0.3, -0.25) is 0 Å². The van der Waals surface area contributed by atoms with Gasteiger partial charge in [-0.05, 0) is 26.0 Å². The van der Waals surface area contributed by atoms with Crippen LogP contribution in [0.15, 0.2) is 12.1 Å². The highest BCUT2D eigenvalue weighted by molar-refractivity contribution is 5.56. The molecule has 0 radical (unpaired) electrons. The maximum Gasteiger partial charge on any atom is 0.151 e. The zero-order chi connectivity index (χ0) is 14.2. The third kappa shape index (κ3) is 2.96. The van der Waals surface area contributed by atoms with Crippen LogP contribution in [0.5, 0.6) is 0 Å². The van der Waals surface area contributed by atoms with E-state index in [4.69, 9.17) is 10.5 Å². The lowest BCUT2D eigenvalue weighted by atomic mass is 10.0. The number of hydrogen-bond donors (Lipinski definition) is 2. The minimum absolute atomic E-state index is 0.0463. The van der Waals surface area contributed by atoms with Crippen molar-refractivity contribution in [2.75, 3.05) is 30.3 Å². The number of anilines is 2. The third-order valence-corrected chi connectivity index (χ3v) is 3.04. The molecule has 2 rings (SSSR count). The first-order valence-corrected chi connectivity index (χ1v) is 6.10.